The molecule has 3 fully saturated rings. The van der Waals surface area contributed by atoms with Crippen molar-refractivity contribution in [2.24, 2.45) is 5.41 Å². The van der Waals surface area contributed by atoms with Gasteiger partial charge in [0.1, 0.15) is 6.04 Å². The molecule has 2 aromatic carbocycles. The minimum atomic E-state index is -0.574. The molecule has 3 unspecified atom stereocenters. The molecule has 3 saturated heterocycles. The van der Waals surface area contributed by atoms with Crippen molar-refractivity contribution in [1.82, 2.24) is 20.0 Å². The minimum Gasteiger partial charge on any atom is -0.322 e. The van der Waals surface area contributed by atoms with Crippen LogP contribution in [0.25, 0.3) is 5.57 Å². The van der Waals surface area contributed by atoms with E-state index < -0.39 is 6.04 Å². The molecule has 1 N–H and O–H groups in total. The Bertz CT molecular complexity index is 1480. The first-order chi connectivity index (χ1) is 20.6. The Morgan fingerprint density at radius 2 is 1.67 bits per heavy atom. The van der Waals surface area contributed by atoms with Crippen LogP contribution < -0.4 is 5.32 Å². The highest BCUT2D eigenvalue weighted by molar-refractivity contribution is 6.30. The van der Waals surface area contributed by atoms with Gasteiger partial charge in [-0.15, -0.1) is 0 Å². The van der Waals surface area contributed by atoms with Crippen molar-refractivity contribution in [3.8, 4) is 0 Å². The topological polar surface area (TPSA) is 73.0 Å². The van der Waals surface area contributed by atoms with Gasteiger partial charge in [-0.3, -0.25) is 29.5 Å². The molecule has 0 saturated carbocycles. The van der Waals surface area contributed by atoms with E-state index in [0.717, 1.165) is 55.2 Å². The lowest BCUT2D eigenvalue weighted by molar-refractivity contribution is -0.136. The molecule has 7 nitrogen and oxygen atoms in total. The summed E-state index contributed by atoms with van der Waals surface area (Å²) in [6.45, 7) is 9.23. The first kappa shape index (κ1) is 28.8. The van der Waals surface area contributed by atoms with Crippen molar-refractivity contribution in [2.75, 3.05) is 19.6 Å². The van der Waals surface area contributed by atoms with Crippen LogP contribution in [0.3, 0.4) is 0 Å². The van der Waals surface area contributed by atoms with Crippen LogP contribution in [-0.2, 0) is 22.7 Å². The fourth-order valence-corrected chi connectivity index (χ4v) is 8.24. The predicted molar refractivity (Wildman–Crippen MR) is 167 cm³/mol. The highest BCUT2D eigenvalue weighted by atomic mass is 35.5. The number of nitrogens with zero attached hydrogens (tertiary/aromatic N) is 3. The number of carbonyl (C=O) groups excluding carboxylic acids is 3. The van der Waals surface area contributed by atoms with E-state index in [1.165, 1.54) is 30.4 Å². The molecule has 226 valence electrons. The summed E-state index contributed by atoms with van der Waals surface area (Å²) in [5.74, 6) is -0.719. The van der Waals surface area contributed by atoms with Gasteiger partial charge >= 0.3 is 0 Å². The van der Waals surface area contributed by atoms with Crippen LogP contribution >= 0.6 is 11.6 Å². The lowest BCUT2D eigenvalue weighted by Gasteiger charge is -2.43. The van der Waals surface area contributed by atoms with E-state index in [2.05, 4.69) is 53.2 Å². The molecule has 0 spiro atoms. The summed E-state index contributed by atoms with van der Waals surface area (Å²) in [6, 6.07) is 15.1. The molecule has 8 heteroatoms. The second kappa shape index (κ2) is 11.2. The van der Waals surface area contributed by atoms with Crippen LogP contribution in [0.2, 0.25) is 5.02 Å². The van der Waals surface area contributed by atoms with Crippen LogP contribution in [0.15, 0.2) is 48.0 Å². The standard InChI is InChI=1S/C35H41ClN4O3/c1-35(2)14-13-25(30(16-35)23-5-7-26(36)8-6-23)18-38-20-27-9-10-28(21-38)39(27)17-22-3-4-24-19-40(34(43)29(24)15-22)31-11-12-32(41)37-33(31)42/h3-8,15,27-28,31H,9-14,16-21H2,1-2H3,(H,37,41,42). The van der Waals surface area contributed by atoms with Gasteiger partial charge < -0.3 is 4.90 Å². The molecule has 7 rings (SSSR count). The molecule has 4 heterocycles. The number of amides is 3. The summed E-state index contributed by atoms with van der Waals surface area (Å²) >= 11 is 6.22. The number of carbonyl (C=O) groups is 3. The third-order valence-electron chi connectivity index (χ3n) is 10.5. The van der Waals surface area contributed by atoms with Gasteiger partial charge in [-0.25, -0.2) is 0 Å². The van der Waals surface area contributed by atoms with Gasteiger partial charge in [-0.05, 0) is 84.4 Å². The SMILES string of the molecule is CC1(C)CCC(CN2CC3CCC(C2)N3Cc2ccc3c(c2)C(=O)N(C2CCC(=O)NC2=O)C3)=C(c2ccc(Cl)cc2)C1. The predicted octanol–water partition coefficient (Wildman–Crippen LogP) is 5.41. The fraction of sp³-hybridized carbons (Fsp3) is 0.514. The summed E-state index contributed by atoms with van der Waals surface area (Å²) in [4.78, 5) is 44.4. The van der Waals surface area contributed by atoms with Gasteiger partial charge in [0.25, 0.3) is 5.91 Å². The van der Waals surface area contributed by atoms with Crippen molar-refractivity contribution >= 4 is 34.9 Å². The third kappa shape index (κ3) is 5.67. The maximum Gasteiger partial charge on any atom is 0.255 e. The van der Waals surface area contributed by atoms with E-state index in [0.29, 0.717) is 36.0 Å². The molecule has 3 amide bonds. The van der Waals surface area contributed by atoms with Crippen LogP contribution in [0, 0.1) is 5.41 Å². The van der Waals surface area contributed by atoms with E-state index in [-0.39, 0.29) is 24.1 Å². The van der Waals surface area contributed by atoms with Gasteiger partial charge in [0.15, 0.2) is 0 Å². The quantitative estimate of drug-likeness (QED) is 0.449. The Morgan fingerprint density at radius 1 is 0.930 bits per heavy atom. The van der Waals surface area contributed by atoms with Gasteiger partial charge in [0.2, 0.25) is 11.8 Å². The summed E-state index contributed by atoms with van der Waals surface area (Å²) in [5, 5.41) is 3.18. The molecule has 3 atom stereocenters. The molecule has 4 aliphatic heterocycles. The Hall–Kier alpha value is -3.00. The molecule has 0 radical (unpaired) electrons. The van der Waals surface area contributed by atoms with Crippen LogP contribution in [0.1, 0.15) is 85.8 Å². The molecule has 0 aromatic heterocycles. The zero-order valence-corrected chi connectivity index (χ0v) is 26.0. The molecular weight excluding hydrogens is 560 g/mol. The number of hydrogen-bond donors (Lipinski definition) is 1. The van der Waals surface area contributed by atoms with E-state index in [1.807, 2.05) is 18.2 Å². The Balaban J connectivity index is 1.03. The number of hydrogen-bond acceptors (Lipinski definition) is 5. The highest BCUT2D eigenvalue weighted by Gasteiger charge is 2.42. The van der Waals surface area contributed by atoms with E-state index in [9.17, 15) is 14.4 Å². The number of benzene rings is 2. The molecule has 2 bridgehead atoms. The number of imide groups is 1. The molecule has 5 aliphatic rings. The zero-order valence-electron chi connectivity index (χ0n) is 25.2. The summed E-state index contributed by atoms with van der Waals surface area (Å²) in [6.07, 6.45) is 6.57. The van der Waals surface area contributed by atoms with Gasteiger partial charge in [-0.1, -0.05) is 55.3 Å². The Morgan fingerprint density at radius 3 is 2.40 bits per heavy atom. The van der Waals surface area contributed by atoms with Crippen LogP contribution in [-0.4, -0.2) is 70.2 Å². The van der Waals surface area contributed by atoms with Crippen LogP contribution in [0.5, 0.6) is 0 Å². The average Bonchev–Trinajstić information content (AvgIpc) is 3.40. The number of halogens is 1. The van der Waals surface area contributed by atoms with Crippen molar-refractivity contribution in [2.45, 2.75) is 90.0 Å². The molecule has 43 heavy (non-hydrogen) atoms. The van der Waals surface area contributed by atoms with Crippen molar-refractivity contribution in [3.63, 3.8) is 0 Å². The van der Waals surface area contributed by atoms with Crippen molar-refractivity contribution in [1.29, 1.82) is 0 Å². The molecular formula is C35H41ClN4O3. The molecule has 2 aromatic rings. The van der Waals surface area contributed by atoms with Gasteiger partial charge in [-0.2, -0.15) is 0 Å². The number of fused-ring (bicyclic) bond motifs is 3. The lowest BCUT2D eigenvalue weighted by atomic mass is 9.72. The minimum absolute atomic E-state index is 0.0976. The highest BCUT2D eigenvalue weighted by Crippen LogP contribution is 2.44. The number of piperazine rings is 1. The summed E-state index contributed by atoms with van der Waals surface area (Å²) in [7, 11) is 0. The maximum absolute atomic E-state index is 13.4. The second-order valence-electron chi connectivity index (χ2n) is 14.1. The fourth-order valence-electron chi connectivity index (χ4n) is 8.11. The number of nitrogens with one attached hydrogen (secondary N) is 1. The Labute approximate surface area is 259 Å². The Kier molecular flexibility index (Phi) is 7.47. The van der Waals surface area contributed by atoms with Crippen molar-refractivity contribution in [3.05, 3.63) is 75.3 Å². The number of allylic oxidation sites excluding steroid dienone is 1. The van der Waals surface area contributed by atoms with Gasteiger partial charge in [0.05, 0.1) is 0 Å². The van der Waals surface area contributed by atoms with Crippen molar-refractivity contribution < 1.29 is 14.4 Å². The van der Waals surface area contributed by atoms with Gasteiger partial charge in [0, 0.05) is 61.8 Å². The number of rotatable bonds is 6. The summed E-state index contributed by atoms with van der Waals surface area (Å²) in [5.41, 5.74) is 7.55. The largest absolute Gasteiger partial charge is 0.322 e. The normalized spacial score (nSPS) is 27.6. The molecule has 1 aliphatic carbocycles. The maximum atomic E-state index is 13.4. The zero-order chi connectivity index (χ0) is 29.9. The van der Waals surface area contributed by atoms with Crippen LogP contribution in [0.4, 0.5) is 0 Å². The summed E-state index contributed by atoms with van der Waals surface area (Å²) < 4.78 is 0. The second-order valence-corrected chi connectivity index (χ2v) is 14.5. The monoisotopic (exact) mass is 600 g/mol. The first-order valence-electron chi connectivity index (χ1n) is 15.8. The number of likely N-dealkylation sites (tertiary alicyclic amines) is 1. The van der Waals surface area contributed by atoms with E-state index >= 15 is 0 Å². The average molecular weight is 601 g/mol. The number of piperidine rings is 1. The van der Waals surface area contributed by atoms with E-state index in [4.69, 9.17) is 11.6 Å². The van der Waals surface area contributed by atoms with E-state index in [1.54, 1.807) is 10.5 Å². The smallest absolute Gasteiger partial charge is 0.255 e. The third-order valence-corrected chi connectivity index (χ3v) is 10.7. The lowest BCUT2D eigenvalue weighted by Crippen LogP contribution is -2.53. The first-order valence-corrected chi connectivity index (χ1v) is 16.2.